The molecule has 0 fully saturated rings. The lowest BCUT2D eigenvalue weighted by atomic mass is 10.1. The van der Waals surface area contributed by atoms with Crippen LogP contribution in [0.15, 0.2) is 21.5 Å². The minimum absolute atomic E-state index is 0.151. The van der Waals surface area contributed by atoms with Gasteiger partial charge in [-0.05, 0) is 18.9 Å². The average Bonchev–Trinajstić information content (AvgIpc) is 3.23. The van der Waals surface area contributed by atoms with Gasteiger partial charge in [-0.1, -0.05) is 30.6 Å². The highest BCUT2D eigenvalue weighted by atomic mass is 16.5. The highest BCUT2D eigenvalue weighted by Gasteiger charge is 2.23. The van der Waals surface area contributed by atoms with Crippen LogP contribution in [0.4, 0.5) is 0 Å². The zero-order valence-electron chi connectivity index (χ0n) is 13.9. The van der Waals surface area contributed by atoms with Crippen molar-refractivity contribution in [2.24, 2.45) is 0 Å². The van der Waals surface area contributed by atoms with Crippen LogP contribution in [-0.4, -0.2) is 38.1 Å². The number of fused-ring (bicyclic) bond motifs is 1. The number of rotatable bonds is 6. The molecule has 0 radical (unpaired) electrons. The zero-order chi connectivity index (χ0) is 17.1. The predicted molar refractivity (Wildman–Crippen MR) is 85.3 cm³/mol. The molecule has 0 unspecified atom stereocenters. The lowest BCUT2D eigenvalue weighted by Crippen LogP contribution is -2.27. The summed E-state index contributed by atoms with van der Waals surface area (Å²) in [6.07, 6.45) is 3.58. The molecule has 24 heavy (non-hydrogen) atoms. The van der Waals surface area contributed by atoms with Gasteiger partial charge in [0.25, 0.3) is 11.6 Å². The maximum Gasteiger partial charge on any atom is 0.259 e. The fourth-order valence-electron chi connectivity index (χ4n) is 2.57. The maximum absolute atomic E-state index is 13.0. The fourth-order valence-corrected chi connectivity index (χ4v) is 2.57. The van der Waals surface area contributed by atoms with Gasteiger partial charge in [0.1, 0.15) is 0 Å². The van der Waals surface area contributed by atoms with E-state index in [-0.39, 0.29) is 12.5 Å². The van der Waals surface area contributed by atoms with E-state index in [4.69, 9.17) is 9.05 Å². The molecule has 3 aromatic rings. The molecular weight excluding hydrogens is 310 g/mol. The van der Waals surface area contributed by atoms with E-state index in [2.05, 4.69) is 27.2 Å². The first-order chi connectivity index (χ1) is 11.6. The summed E-state index contributed by atoms with van der Waals surface area (Å²) in [4.78, 5) is 22.9. The quantitative estimate of drug-likeness (QED) is 0.684. The number of hydrogen-bond donors (Lipinski definition) is 0. The number of aryl methyl sites for hydroxylation is 2. The van der Waals surface area contributed by atoms with Crippen molar-refractivity contribution < 1.29 is 13.8 Å². The van der Waals surface area contributed by atoms with E-state index < -0.39 is 0 Å². The number of carbonyl (C=O) groups excluding carboxylic acids is 1. The standard InChI is InChI=1S/C16H19N5O3/c1-4-6-12-14-11(7-10(5-2)18-15(14)24-19-12)16(22)21(3)8-13-17-9-23-20-13/h7,9H,4-6,8H2,1-3H3. The SMILES string of the molecule is CCCc1noc2nc(CC)cc(C(=O)N(C)Cc3ncon3)c12. The van der Waals surface area contributed by atoms with Crippen molar-refractivity contribution in [3.8, 4) is 0 Å². The highest BCUT2D eigenvalue weighted by Crippen LogP contribution is 2.25. The van der Waals surface area contributed by atoms with Gasteiger partial charge in [0.05, 0.1) is 23.2 Å². The van der Waals surface area contributed by atoms with Gasteiger partial charge in [-0.2, -0.15) is 4.98 Å². The Morgan fingerprint density at radius 2 is 2.12 bits per heavy atom. The topological polar surface area (TPSA) is 98.2 Å². The first-order valence-corrected chi connectivity index (χ1v) is 7.92. The average molecular weight is 329 g/mol. The minimum atomic E-state index is -0.151. The number of carbonyl (C=O) groups is 1. The van der Waals surface area contributed by atoms with Crippen molar-refractivity contribution in [3.63, 3.8) is 0 Å². The predicted octanol–water partition coefficient (Wildman–Crippen LogP) is 2.39. The Morgan fingerprint density at radius 3 is 2.79 bits per heavy atom. The van der Waals surface area contributed by atoms with Crippen LogP contribution in [0.2, 0.25) is 0 Å². The number of hydrogen-bond acceptors (Lipinski definition) is 7. The van der Waals surface area contributed by atoms with Gasteiger partial charge in [0.15, 0.2) is 5.82 Å². The molecule has 0 atom stereocenters. The number of amides is 1. The summed E-state index contributed by atoms with van der Waals surface area (Å²) in [5.41, 5.74) is 2.51. The molecule has 0 bridgehead atoms. The fraction of sp³-hybridized carbons (Fsp3) is 0.438. The number of nitrogens with zero attached hydrogens (tertiary/aromatic N) is 5. The summed E-state index contributed by atoms with van der Waals surface area (Å²) in [6.45, 7) is 4.29. The molecule has 0 N–H and O–H groups in total. The molecule has 0 aliphatic rings. The zero-order valence-corrected chi connectivity index (χ0v) is 13.9. The number of pyridine rings is 1. The van der Waals surface area contributed by atoms with Gasteiger partial charge in [-0.25, -0.2) is 4.98 Å². The Hall–Kier alpha value is -2.77. The lowest BCUT2D eigenvalue weighted by Gasteiger charge is -2.16. The molecule has 126 valence electrons. The Labute approximate surface area is 138 Å². The monoisotopic (exact) mass is 329 g/mol. The van der Waals surface area contributed by atoms with E-state index in [1.165, 1.54) is 6.39 Å². The molecule has 8 nitrogen and oxygen atoms in total. The molecule has 3 rings (SSSR count). The molecule has 0 saturated carbocycles. The minimum Gasteiger partial charge on any atom is -0.343 e. The van der Waals surface area contributed by atoms with E-state index >= 15 is 0 Å². The van der Waals surface area contributed by atoms with E-state index in [0.29, 0.717) is 28.9 Å². The summed E-state index contributed by atoms with van der Waals surface area (Å²) in [5.74, 6) is 0.299. The maximum atomic E-state index is 13.0. The number of aromatic nitrogens is 4. The Kier molecular flexibility index (Phi) is 4.54. The van der Waals surface area contributed by atoms with E-state index in [1.807, 2.05) is 13.0 Å². The van der Waals surface area contributed by atoms with E-state index in [1.54, 1.807) is 11.9 Å². The van der Waals surface area contributed by atoms with Gasteiger partial charge in [0, 0.05) is 12.7 Å². The summed E-state index contributed by atoms with van der Waals surface area (Å²) in [7, 11) is 1.70. The van der Waals surface area contributed by atoms with E-state index in [9.17, 15) is 4.79 Å². The van der Waals surface area contributed by atoms with Crippen LogP contribution >= 0.6 is 0 Å². The summed E-state index contributed by atoms with van der Waals surface area (Å²) < 4.78 is 10.1. The van der Waals surface area contributed by atoms with E-state index in [0.717, 1.165) is 24.2 Å². The first kappa shape index (κ1) is 16.1. The van der Waals surface area contributed by atoms with Gasteiger partial charge in [-0.15, -0.1) is 0 Å². The van der Waals surface area contributed by atoms with Gasteiger partial charge in [-0.3, -0.25) is 4.79 Å². The third kappa shape index (κ3) is 2.99. The van der Waals surface area contributed by atoms with Crippen molar-refractivity contribution in [3.05, 3.63) is 35.2 Å². The van der Waals surface area contributed by atoms with Crippen molar-refractivity contribution in [1.82, 2.24) is 25.2 Å². The summed E-state index contributed by atoms with van der Waals surface area (Å²) in [5, 5.41) is 8.53. The summed E-state index contributed by atoms with van der Waals surface area (Å²) >= 11 is 0. The first-order valence-electron chi connectivity index (χ1n) is 7.92. The van der Waals surface area contributed by atoms with Crippen LogP contribution in [-0.2, 0) is 19.4 Å². The molecule has 3 heterocycles. The third-order valence-electron chi connectivity index (χ3n) is 3.78. The second-order valence-electron chi connectivity index (χ2n) is 5.58. The van der Waals surface area contributed by atoms with Gasteiger partial charge < -0.3 is 13.9 Å². The molecule has 3 aromatic heterocycles. The normalized spacial score (nSPS) is 11.1. The molecule has 0 aliphatic carbocycles. The smallest absolute Gasteiger partial charge is 0.259 e. The van der Waals surface area contributed by atoms with Crippen molar-refractivity contribution in [2.45, 2.75) is 39.7 Å². The van der Waals surface area contributed by atoms with Crippen LogP contribution in [0.5, 0.6) is 0 Å². The Bertz CT molecular complexity index is 841. The van der Waals surface area contributed by atoms with Crippen LogP contribution in [0.1, 0.15) is 47.8 Å². The molecule has 0 spiro atoms. The van der Waals surface area contributed by atoms with Crippen LogP contribution < -0.4 is 0 Å². The van der Waals surface area contributed by atoms with Gasteiger partial charge in [0.2, 0.25) is 6.39 Å². The molecule has 0 saturated heterocycles. The second-order valence-corrected chi connectivity index (χ2v) is 5.58. The molecule has 0 aromatic carbocycles. The Morgan fingerprint density at radius 1 is 1.29 bits per heavy atom. The van der Waals surface area contributed by atoms with Crippen molar-refractivity contribution >= 4 is 17.0 Å². The van der Waals surface area contributed by atoms with Crippen LogP contribution in [0.25, 0.3) is 11.1 Å². The van der Waals surface area contributed by atoms with Crippen LogP contribution in [0.3, 0.4) is 0 Å². The molecule has 8 heteroatoms. The summed E-state index contributed by atoms with van der Waals surface area (Å²) in [6, 6.07) is 1.81. The third-order valence-corrected chi connectivity index (χ3v) is 3.78. The van der Waals surface area contributed by atoms with Gasteiger partial charge >= 0.3 is 0 Å². The van der Waals surface area contributed by atoms with Crippen molar-refractivity contribution in [2.75, 3.05) is 7.05 Å². The molecule has 0 aliphatic heterocycles. The van der Waals surface area contributed by atoms with Crippen molar-refractivity contribution in [1.29, 1.82) is 0 Å². The largest absolute Gasteiger partial charge is 0.343 e. The van der Waals surface area contributed by atoms with Crippen LogP contribution in [0, 0.1) is 0 Å². The molecular formula is C16H19N5O3. The Balaban J connectivity index is 2.02. The lowest BCUT2D eigenvalue weighted by molar-refractivity contribution is 0.0782. The second kappa shape index (κ2) is 6.77. The highest BCUT2D eigenvalue weighted by molar-refractivity contribution is 6.06. The molecule has 1 amide bonds.